The number of halogens is 1. The van der Waals surface area contributed by atoms with Gasteiger partial charge in [-0.25, -0.2) is 4.39 Å². The van der Waals surface area contributed by atoms with Crippen LogP contribution in [0, 0.1) is 11.7 Å². The number of carbonyl (C=O) groups is 1. The molecule has 5 heterocycles. The van der Waals surface area contributed by atoms with Gasteiger partial charge in [0.25, 0.3) is 0 Å². The van der Waals surface area contributed by atoms with E-state index >= 15 is 0 Å². The summed E-state index contributed by atoms with van der Waals surface area (Å²) in [5.41, 5.74) is 6.79. The lowest BCUT2D eigenvalue weighted by atomic mass is 9.94. The van der Waals surface area contributed by atoms with E-state index in [1.54, 1.807) is 24.8 Å². The number of fused-ring (bicyclic) bond motifs is 2. The number of anilines is 1. The largest absolute Gasteiger partial charge is 0.508 e. The number of benzene rings is 2. The third kappa shape index (κ3) is 5.08. The average Bonchev–Trinajstić information content (AvgIpc) is 3.61. The van der Waals surface area contributed by atoms with Gasteiger partial charge < -0.3 is 20.7 Å². The fourth-order valence-corrected chi connectivity index (χ4v) is 5.76. The van der Waals surface area contributed by atoms with Crippen LogP contribution in [0.2, 0.25) is 0 Å². The molecule has 1 fully saturated rings. The molecule has 9 nitrogen and oxygen atoms in total. The molecule has 0 atom stereocenters. The molecule has 6 aromatic rings. The zero-order valence-electron chi connectivity index (χ0n) is 22.6. The summed E-state index contributed by atoms with van der Waals surface area (Å²) >= 11 is 0. The van der Waals surface area contributed by atoms with E-state index in [9.17, 15) is 14.3 Å². The van der Waals surface area contributed by atoms with Crippen molar-refractivity contribution in [2.75, 3.05) is 18.4 Å². The monoisotopic (exact) mass is 561 g/mol. The van der Waals surface area contributed by atoms with Crippen LogP contribution >= 0.6 is 0 Å². The first kappa shape index (κ1) is 25.8. The van der Waals surface area contributed by atoms with Crippen LogP contribution < -0.4 is 10.6 Å². The molecule has 0 bridgehead atoms. The summed E-state index contributed by atoms with van der Waals surface area (Å²) in [6, 6.07) is 13.8. The second-order valence-electron chi connectivity index (χ2n) is 10.8. The minimum Gasteiger partial charge on any atom is -0.508 e. The number of carbonyl (C=O) groups excluding carboxylic acids is 1. The minimum atomic E-state index is -0.525. The lowest BCUT2D eigenvalue weighted by Crippen LogP contribution is -2.30. The number of pyridine rings is 2. The number of amides is 1. The van der Waals surface area contributed by atoms with Gasteiger partial charge in [-0.2, -0.15) is 5.10 Å². The van der Waals surface area contributed by atoms with Crippen molar-refractivity contribution in [3.8, 4) is 39.4 Å². The Hall–Kier alpha value is -5.09. The molecule has 210 valence electrons. The number of aromatic hydroxyl groups is 1. The summed E-state index contributed by atoms with van der Waals surface area (Å²) in [5, 5.41) is 25.7. The molecule has 5 N–H and O–H groups in total. The Morgan fingerprint density at radius 2 is 1.76 bits per heavy atom. The molecule has 1 aliphatic heterocycles. The Labute approximate surface area is 240 Å². The van der Waals surface area contributed by atoms with Gasteiger partial charge in [-0.05, 0) is 79.4 Å². The van der Waals surface area contributed by atoms with E-state index in [4.69, 9.17) is 0 Å². The third-order valence-corrected chi connectivity index (χ3v) is 7.85. The number of hydrogen-bond acceptors (Lipinski definition) is 6. The molecular formula is C32H28FN7O2. The van der Waals surface area contributed by atoms with Gasteiger partial charge >= 0.3 is 0 Å². The molecule has 0 saturated carbocycles. The van der Waals surface area contributed by atoms with Crippen molar-refractivity contribution in [3.05, 3.63) is 79.1 Å². The predicted octanol–water partition coefficient (Wildman–Crippen LogP) is 6.01. The number of hydrogen-bond donors (Lipinski definition) is 5. The Morgan fingerprint density at radius 3 is 2.62 bits per heavy atom. The van der Waals surface area contributed by atoms with E-state index in [0.717, 1.165) is 76.3 Å². The fraction of sp³-hybridized carbons (Fsp3) is 0.188. The Balaban J connectivity index is 1.20. The molecule has 7 rings (SSSR count). The topological polar surface area (TPSA) is 132 Å². The first-order chi connectivity index (χ1) is 20.5. The van der Waals surface area contributed by atoms with Gasteiger partial charge in [0.05, 0.1) is 34.8 Å². The summed E-state index contributed by atoms with van der Waals surface area (Å²) in [6.45, 7) is 1.92. The number of aromatic amines is 2. The van der Waals surface area contributed by atoms with Gasteiger partial charge in [0.15, 0.2) is 0 Å². The third-order valence-electron chi connectivity index (χ3n) is 7.85. The lowest BCUT2D eigenvalue weighted by Gasteiger charge is -2.21. The number of nitrogens with one attached hydrogen (secondary N) is 4. The zero-order chi connectivity index (χ0) is 28.6. The van der Waals surface area contributed by atoms with E-state index in [1.165, 1.54) is 12.1 Å². The van der Waals surface area contributed by atoms with E-state index in [-0.39, 0.29) is 11.7 Å². The smallest absolute Gasteiger partial charge is 0.224 e. The first-order valence-electron chi connectivity index (χ1n) is 13.9. The molecule has 1 amide bonds. The highest BCUT2D eigenvalue weighted by Crippen LogP contribution is 2.36. The van der Waals surface area contributed by atoms with E-state index in [0.29, 0.717) is 29.2 Å². The second kappa shape index (κ2) is 10.7. The highest BCUT2D eigenvalue weighted by atomic mass is 19.1. The molecular weight excluding hydrogens is 533 g/mol. The number of piperidine rings is 1. The number of nitrogens with zero attached hydrogens (tertiary/aromatic N) is 3. The van der Waals surface area contributed by atoms with Crippen molar-refractivity contribution in [3.63, 3.8) is 0 Å². The van der Waals surface area contributed by atoms with Crippen molar-refractivity contribution in [2.45, 2.75) is 19.3 Å². The van der Waals surface area contributed by atoms with Crippen LogP contribution in [0.25, 0.3) is 55.4 Å². The quantitative estimate of drug-likeness (QED) is 0.169. The Kier molecular flexibility index (Phi) is 6.59. The van der Waals surface area contributed by atoms with E-state index in [1.807, 2.05) is 30.3 Å². The van der Waals surface area contributed by atoms with Crippen LogP contribution in [-0.4, -0.2) is 49.3 Å². The van der Waals surface area contributed by atoms with Gasteiger partial charge in [0.1, 0.15) is 17.3 Å². The standard InChI is InChI=1S/C32H28FN7O2/c33-22-8-20(10-24(41)12-22)27-16-36-17-30-25(27)13-29(38-30)32-26-11-19(1-2-28(26)39-40-32)21-9-23(15-35-14-21)37-31(42)7-18-3-5-34-6-4-18/h1-2,8-18,34,38,41H,3-7H2,(H,37,42)(H,39,40). The summed E-state index contributed by atoms with van der Waals surface area (Å²) < 4.78 is 14.0. The average molecular weight is 562 g/mol. The molecule has 4 aromatic heterocycles. The molecule has 10 heteroatoms. The number of phenols is 1. The van der Waals surface area contributed by atoms with Crippen molar-refractivity contribution in [1.29, 1.82) is 0 Å². The van der Waals surface area contributed by atoms with Crippen molar-refractivity contribution in [2.24, 2.45) is 5.92 Å². The summed E-state index contributed by atoms with van der Waals surface area (Å²) in [6.07, 6.45) is 9.35. The van der Waals surface area contributed by atoms with Gasteiger partial charge in [-0.15, -0.1) is 0 Å². The van der Waals surface area contributed by atoms with Crippen LogP contribution in [0.1, 0.15) is 19.3 Å². The SMILES string of the molecule is O=C(CC1CCNCC1)Nc1cncc(-c2ccc3[nH]nc(-c4cc5c(-c6cc(O)cc(F)c6)cncc5[nH]4)c3c2)c1. The van der Waals surface area contributed by atoms with Gasteiger partial charge in [0.2, 0.25) is 5.91 Å². The molecule has 0 aliphatic carbocycles. The highest BCUT2D eigenvalue weighted by molar-refractivity contribution is 6.01. The van der Waals surface area contributed by atoms with Gasteiger partial charge in [0, 0.05) is 46.8 Å². The summed E-state index contributed by atoms with van der Waals surface area (Å²) in [4.78, 5) is 24.8. The molecule has 42 heavy (non-hydrogen) atoms. The van der Waals surface area contributed by atoms with Crippen molar-refractivity contribution < 1.29 is 14.3 Å². The van der Waals surface area contributed by atoms with Gasteiger partial charge in [-0.1, -0.05) is 6.07 Å². The van der Waals surface area contributed by atoms with Crippen LogP contribution in [-0.2, 0) is 4.79 Å². The molecule has 0 radical (unpaired) electrons. The number of aromatic nitrogens is 5. The predicted molar refractivity (Wildman–Crippen MR) is 160 cm³/mol. The molecule has 0 spiro atoms. The van der Waals surface area contributed by atoms with Crippen LogP contribution in [0.5, 0.6) is 5.75 Å². The van der Waals surface area contributed by atoms with E-state index < -0.39 is 5.82 Å². The molecule has 1 aliphatic rings. The van der Waals surface area contributed by atoms with Crippen LogP contribution in [0.3, 0.4) is 0 Å². The Bertz CT molecular complexity index is 1920. The van der Waals surface area contributed by atoms with Gasteiger partial charge in [-0.3, -0.25) is 19.9 Å². The minimum absolute atomic E-state index is 0.00884. The maximum Gasteiger partial charge on any atom is 0.224 e. The zero-order valence-corrected chi connectivity index (χ0v) is 22.6. The van der Waals surface area contributed by atoms with Crippen molar-refractivity contribution >= 4 is 33.4 Å². The molecule has 0 unspecified atom stereocenters. The first-order valence-corrected chi connectivity index (χ1v) is 13.9. The van der Waals surface area contributed by atoms with Crippen LogP contribution in [0.4, 0.5) is 10.1 Å². The number of phenolic OH excluding ortho intramolecular Hbond substituents is 1. The molecule has 1 saturated heterocycles. The summed E-state index contributed by atoms with van der Waals surface area (Å²) in [7, 11) is 0. The number of rotatable bonds is 6. The van der Waals surface area contributed by atoms with E-state index in [2.05, 4.69) is 35.8 Å². The number of H-pyrrole nitrogens is 2. The molecule has 2 aromatic carbocycles. The Morgan fingerprint density at radius 1 is 0.905 bits per heavy atom. The van der Waals surface area contributed by atoms with Crippen LogP contribution in [0.15, 0.2) is 73.3 Å². The highest BCUT2D eigenvalue weighted by Gasteiger charge is 2.18. The summed E-state index contributed by atoms with van der Waals surface area (Å²) in [5.74, 6) is -0.261. The normalized spacial score (nSPS) is 14.0. The van der Waals surface area contributed by atoms with Crippen molar-refractivity contribution in [1.82, 2.24) is 30.5 Å². The maximum atomic E-state index is 14.0. The lowest BCUT2D eigenvalue weighted by molar-refractivity contribution is -0.117. The maximum absolute atomic E-state index is 14.0. The second-order valence-corrected chi connectivity index (χ2v) is 10.8. The fourth-order valence-electron chi connectivity index (χ4n) is 5.76.